The van der Waals surface area contributed by atoms with Gasteiger partial charge in [0.15, 0.2) is 0 Å². The number of hydrogen-bond donors (Lipinski definition) is 2. The van der Waals surface area contributed by atoms with Crippen molar-refractivity contribution in [2.24, 2.45) is 5.92 Å². The largest absolute Gasteiger partial charge is 0.507 e. The highest BCUT2D eigenvalue weighted by Gasteiger charge is 2.13. The van der Waals surface area contributed by atoms with Crippen LogP contribution in [-0.4, -0.2) is 28.8 Å². The van der Waals surface area contributed by atoms with Gasteiger partial charge < -0.3 is 14.9 Å². The van der Waals surface area contributed by atoms with Gasteiger partial charge in [0, 0.05) is 3.57 Å². The summed E-state index contributed by atoms with van der Waals surface area (Å²) >= 11 is 2.08. The zero-order valence-corrected chi connectivity index (χ0v) is 15.6. The summed E-state index contributed by atoms with van der Waals surface area (Å²) in [6, 6.07) is 13.1. The van der Waals surface area contributed by atoms with Crippen LogP contribution >= 0.6 is 22.6 Å². The number of carboxylic acids is 1. The first kappa shape index (κ1) is 20.0. The van der Waals surface area contributed by atoms with Gasteiger partial charge in [0.2, 0.25) is 0 Å². The number of hydrogen-bond acceptors (Lipinski definition) is 4. The Morgan fingerprint density at radius 1 is 1.12 bits per heavy atom. The molecule has 0 radical (unpaired) electrons. The van der Waals surface area contributed by atoms with Crippen LogP contribution in [0.1, 0.15) is 34.6 Å². The topological polar surface area (TPSA) is 83.8 Å². The van der Waals surface area contributed by atoms with Gasteiger partial charge in [0.05, 0.1) is 12.2 Å². The van der Waals surface area contributed by atoms with Crippen LogP contribution in [0, 0.1) is 9.49 Å². The average Bonchev–Trinajstić information content (AvgIpc) is 2.56. The number of phenols is 1. The average molecular weight is 442 g/mol. The molecule has 0 heterocycles. The van der Waals surface area contributed by atoms with E-state index in [1.165, 1.54) is 6.07 Å². The summed E-state index contributed by atoms with van der Waals surface area (Å²) < 4.78 is 5.91. The lowest BCUT2D eigenvalue weighted by molar-refractivity contribution is 0.0455. The lowest BCUT2D eigenvalue weighted by atomic mass is 10.2. The second-order valence-electron chi connectivity index (χ2n) is 5.32. The third-order valence-corrected chi connectivity index (χ3v) is 3.42. The minimum absolute atomic E-state index is 0.0378. The molecule has 2 aromatic rings. The van der Waals surface area contributed by atoms with E-state index in [9.17, 15) is 14.7 Å². The van der Waals surface area contributed by atoms with Gasteiger partial charge in [-0.1, -0.05) is 32.0 Å². The highest BCUT2D eigenvalue weighted by Crippen LogP contribution is 2.20. The maximum absolute atomic E-state index is 11.5. The summed E-state index contributed by atoms with van der Waals surface area (Å²) in [7, 11) is 0. The predicted octanol–water partition coefficient (Wildman–Crippen LogP) is 4.19. The zero-order valence-electron chi connectivity index (χ0n) is 13.4. The number of benzene rings is 2. The quantitative estimate of drug-likeness (QED) is 0.548. The Morgan fingerprint density at radius 3 is 2.25 bits per heavy atom. The third-order valence-electron chi connectivity index (χ3n) is 2.75. The van der Waals surface area contributed by atoms with Crippen molar-refractivity contribution in [2.75, 3.05) is 6.61 Å². The molecule has 2 aromatic carbocycles. The second kappa shape index (κ2) is 9.92. The van der Waals surface area contributed by atoms with Gasteiger partial charge in [0.1, 0.15) is 11.3 Å². The number of phenolic OH excluding ortho intramolecular Hbond substituents is 1. The van der Waals surface area contributed by atoms with Crippen molar-refractivity contribution < 1.29 is 24.5 Å². The van der Waals surface area contributed by atoms with Gasteiger partial charge in [-0.25, -0.2) is 9.59 Å². The fourth-order valence-corrected chi connectivity index (χ4v) is 2.06. The van der Waals surface area contributed by atoms with E-state index in [-0.39, 0.29) is 11.3 Å². The molecule has 0 aromatic heterocycles. The van der Waals surface area contributed by atoms with E-state index in [1.54, 1.807) is 42.5 Å². The molecule has 2 rings (SSSR count). The molecule has 0 bridgehead atoms. The molecule has 2 N–H and O–H groups in total. The van der Waals surface area contributed by atoms with Crippen LogP contribution < -0.4 is 0 Å². The van der Waals surface area contributed by atoms with E-state index in [0.29, 0.717) is 18.1 Å². The van der Waals surface area contributed by atoms with E-state index in [0.717, 1.165) is 3.57 Å². The van der Waals surface area contributed by atoms with E-state index < -0.39 is 11.9 Å². The normalized spacial score (nSPS) is 9.83. The first-order chi connectivity index (χ1) is 11.3. The molecular formula is C18H19IO5. The summed E-state index contributed by atoms with van der Waals surface area (Å²) in [4.78, 5) is 21.7. The van der Waals surface area contributed by atoms with Crippen LogP contribution in [0.4, 0.5) is 0 Å². The molecule has 0 saturated heterocycles. The third kappa shape index (κ3) is 6.99. The molecule has 0 unspecified atom stereocenters. The Morgan fingerprint density at radius 2 is 1.75 bits per heavy atom. The van der Waals surface area contributed by atoms with Crippen molar-refractivity contribution in [3.05, 3.63) is 63.2 Å². The highest BCUT2D eigenvalue weighted by molar-refractivity contribution is 14.1. The molecule has 0 saturated carbocycles. The molecular weight excluding hydrogens is 423 g/mol. The molecule has 6 heteroatoms. The van der Waals surface area contributed by atoms with Gasteiger partial charge in [-0.05, 0) is 58.8 Å². The Labute approximate surface area is 154 Å². The fraction of sp³-hybridized carbons (Fsp3) is 0.222. The molecule has 0 aliphatic carbocycles. The number of carboxylic acid groups (broad SMARTS) is 1. The first-order valence-corrected chi connectivity index (χ1v) is 8.33. The minimum atomic E-state index is -0.879. The number of halogens is 1. The lowest BCUT2D eigenvalue weighted by Gasteiger charge is -2.08. The second-order valence-corrected chi connectivity index (χ2v) is 6.57. The van der Waals surface area contributed by atoms with Crippen LogP contribution in [-0.2, 0) is 4.74 Å². The summed E-state index contributed by atoms with van der Waals surface area (Å²) in [6.07, 6.45) is 0. The zero-order chi connectivity index (χ0) is 18.1. The molecule has 0 amide bonds. The van der Waals surface area contributed by atoms with Gasteiger partial charge >= 0.3 is 11.9 Å². The molecule has 0 atom stereocenters. The number of aromatic carboxylic acids is 1. The fourth-order valence-electron chi connectivity index (χ4n) is 1.57. The number of ether oxygens (including phenoxy) is 1. The molecule has 128 valence electrons. The van der Waals surface area contributed by atoms with Crippen molar-refractivity contribution in [3.63, 3.8) is 0 Å². The van der Waals surface area contributed by atoms with Crippen molar-refractivity contribution in [3.8, 4) is 5.75 Å². The van der Waals surface area contributed by atoms with E-state index >= 15 is 0 Å². The van der Waals surface area contributed by atoms with Crippen molar-refractivity contribution in [2.45, 2.75) is 13.8 Å². The maximum atomic E-state index is 11.5. The number of carbonyl (C=O) groups excluding carboxylic acids is 1. The maximum Gasteiger partial charge on any atom is 0.341 e. The summed E-state index contributed by atoms with van der Waals surface area (Å²) in [6.45, 7) is 4.29. The van der Waals surface area contributed by atoms with Gasteiger partial charge in [0.25, 0.3) is 0 Å². The van der Waals surface area contributed by atoms with Crippen LogP contribution in [0.3, 0.4) is 0 Å². The molecule has 0 spiro atoms. The van der Waals surface area contributed by atoms with Crippen LogP contribution in [0.15, 0.2) is 48.5 Å². The Hall–Kier alpha value is -2.09. The summed E-state index contributed by atoms with van der Waals surface area (Å²) in [5.74, 6) is -1.10. The Bertz CT molecular complexity index is 683. The SMILES string of the molecule is CC(C)COC(=O)c1cc(I)ccc1O.O=C(O)c1ccccc1. The summed E-state index contributed by atoms with van der Waals surface area (Å²) in [5.41, 5.74) is 0.556. The molecule has 0 fully saturated rings. The van der Waals surface area contributed by atoms with Gasteiger partial charge in [-0.3, -0.25) is 0 Å². The number of carbonyl (C=O) groups is 2. The highest BCUT2D eigenvalue weighted by atomic mass is 127. The van der Waals surface area contributed by atoms with Gasteiger partial charge in [-0.15, -0.1) is 0 Å². The molecule has 0 aliphatic heterocycles. The Balaban J connectivity index is 0.000000272. The van der Waals surface area contributed by atoms with Crippen LogP contribution in [0.25, 0.3) is 0 Å². The van der Waals surface area contributed by atoms with Crippen molar-refractivity contribution >= 4 is 34.5 Å². The van der Waals surface area contributed by atoms with E-state index in [4.69, 9.17) is 9.84 Å². The predicted molar refractivity (Wildman–Crippen MR) is 99.3 cm³/mol. The standard InChI is InChI=1S/C11H13IO3.C7H6O2/c1-7(2)6-15-11(14)9-5-8(12)3-4-10(9)13;8-7(9)6-4-2-1-3-5-6/h3-5,7,13H,6H2,1-2H3;1-5H,(H,8,9). The van der Waals surface area contributed by atoms with Crippen LogP contribution in [0.2, 0.25) is 0 Å². The van der Waals surface area contributed by atoms with E-state index in [2.05, 4.69) is 22.6 Å². The first-order valence-electron chi connectivity index (χ1n) is 7.25. The number of aromatic hydroxyl groups is 1. The summed E-state index contributed by atoms with van der Waals surface area (Å²) in [5, 5.41) is 17.9. The number of rotatable bonds is 4. The monoisotopic (exact) mass is 442 g/mol. The van der Waals surface area contributed by atoms with Crippen LogP contribution in [0.5, 0.6) is 5.75 Å². The Kier molecular flexibility index (Phi) is 8.25. The molecule has 5 nitrogen and oxygen atoms in total. The van der Waals surface area contributed by atoms with Crippen molar-refractivity contribution in [1.82, 2.24) is 0 Å². The van der Waals surface area contributed by atoms with Crippen molar-refractivity contribution in [1.29, 1.82) is 0 Å². The lowest BCUT2D eigenvalue weighted by Crippen LogP contribution is -2.10. The molecule has 0 aliphatic rings. The number of esters is 1. The molecule has 24 heavy (non-hydrogen) atoms. The van der Waals surface area contributed by atoms with E-state index in [1.807, 2.05) is 13.8 Å². The minimum Gasteiger partial charge on any atom is -0.507 e. The van der Waals surface area contributed by atoms with Gasteiger partial charge in [-0.2, -0.15) is 0 Å². The smallest absolute Gasteiger partial charge is 0.341 e.